The second-order valence-electron chi connectivity index (χ2n) is 7.37. The molecule has 24 heavy (non-hydrogen) atoms. The molecular formula is C22H27NS. The van der Waals surface area contributed by atoms with Crippen molar-refractivity contribution < 1.29 is 0 Å². The van der Waals surface area contributed by atoms with Crippen molar-refractivity contribution in [1.82, 2.24) is 4.98 Å². The zero-order valence-electron chi connectivity index (χ0n) is 15.6. The molecule has 2 heteroatoms. The third-order valence-electron chi connectivity index (χ3n) is 5.02. The minimum absolute atomic E-state index is 0.677. The molecule has 0 spiro atoms. The number of hydrogen-bond acceptors (Lipinski definition) is 1. The quantitative estimate of drug-likeness (QED) is 0.542. The Morgan fingerprint density at radius 2 is 1.54 bits per heavy atom. The molecule has 0 atom stereocenters. The average molecular weight is 338 g/mol. The van der Waals surface area contributed by atoms with E-state index < -0.39 is 10.0 Å². The highest BCUT2D eigenvalue weighted by Crippen LogP contribution is 2.53. The van der Waals surface area contributed by atoms with Gasteiger partial charge in [-0.2, -0.15) is 0 Å². The van der Waals surface area contributed by atoms with Crippen LogP contribution in [0.3, 0.4) is 0 Å². The molecule has 1 aromatic heterocycles. The summed E-state index contributed by atoms with van der Waals surface area (Å²) in [4.78, 5) is 6.17. The maximum absolute atomic E-state index is 4.69. The van der Waals surface area contributed by atoms with Crippen LogP contribution in [0.25, 0.3) is 22.0 Å². The minimum atomic E-state index is -0.780. The summed E-state index contributed by atoms with van der Waals surface area (Å²) in [5, 5.41) is 3.21. The van der Waals surface area contributed by atoms with Crippen molar-refractivity contribution in [2.24, 2.45) is 0 Å². The number of benzene rings is 2. The fourth-order valence-corrected chi connectivity index (χ4v) is 4.49. The Labute approximate surface area is 147 Å². The summed E-state index contributed by atoms with van der Waals surface area (Å²) in [5.74, 6) is 0. The van der Waals surface area contributed by atoms with E-state index in [0.717, 1.165) is 5.69 Å². The highest BCUT2D eigenvalue weighted by molar-refractivity contribution is 8.33. The topological polar surface area (TPSA) is 12.9 Å². The molecular weight excluding hydrogens is 310 g/mol. The Morgan fingerprint density at radius 3 is 2.17 bits per heavy atom. The van der Waals surface area contributed by atoms with Crippen molar-refractivity contribution in [2.75, 3.05) is 12.5 Å². The van der Waals surface area contributed by atoms with E-state index in [1.807, 2.05) is 6.20 Å². The fraction of sp³-hybridized carbons (Fsp3) is 0.318. The number of nitrogens with zero attached hydrogens (tertiary/aromatic N) is 1. The molecule has 0 amide bonds. The van der Waals surface area contributed by atoms with Crippen LogP contribution < -0.4 is 0 Å². The predicted octanol–water partition coefficient (Wildman–Crippen LogP) is 6.35. The lowest BCUT2D eigenvalue weighted by molar-refractivity contribution is 1.08. The van der Waals surface area contributed by atoms with Gasteiger partial charge in [-0.05, 0) is 72.2 Å². The summed E-state index contributed by atoms with van der Waals surface area (Å²) in [5.41, 5.74) is 4.86. The third-order valence-corrected chi connectivity index (χ3v) is 8.84. The zero-order chi connectivity index (χ0) is 17.5. The molecule has 1 heterocycles. The molecule has 0 unspecified atom stereocenters. The molecule has 0 fully saturated rings. The Bertz CT molecular complexity index is 873. The molecule has 3 aromatic rings. The monoisotopic (exact) mass is 337 g/mol. The van der Waals surface area contributed by atoms with E-state index in [1.165, 1.54) is 32.4 Å². The van der Waals surface area contributed by atoms with Crippen LogP contribution in [0.1, 0.15) is 25.0 Å². The van der Waals surface area contributed by atoms with E-state index in [9.17, 15) is 0 Å². The molecule has 0 N–H and O–H groups in total. The first-order chi connectivity index (χ1) is 11.3. The standard InChI is InChI=1S/C22H27NS/c1-15(2)24(5,6)20-7-8-21-18(14-20)9-10-23-22(21)19-12-16(3)11-17(4)13-19/h7-15H,1-6H3. The molecule has 0 bridgehead atoms. The normalized spacial score (nSPS) is 12.8. The van der Waals surface area contributed by atoms with Crippen molar-refractivity contribution in [3.63, 3.8) is 0 Å². The van der Waals surface area contributed by atoms with Gasteiger partial charge in [0.25, 0.3) is 0 Å². The maximum Gasteiger partial charge on any atom is 0.0780 e. The maximum atomic E-state index is 4.69. The number of fused-ring (bicyclic) bond motifs is 1. The zero-order valence-corrected chi connectivity index (χ0v) is 16.4. The summed E-state index contributed by atoms with van der Waals surface area (Å²) in [7, 11) is -0.780. The minimum Gasteiger partial charge on any atom is -0.256 e. The third kappa shape index (κ3) is 3.08. The van der Waals surface area contributed by atoms with E-state index >= 15 is 0 Å². The van der Waals surface area contributed by atoms with Crippen molar-refractivity contribution in [3.8, 4) is 11.3 Å². The van der Waals surface area contributed by atoms with Crippen LogP contribution in [0.4, 0.5) is 0 Å². The molecule has 1 nitrogen and oxygen atoms in total. The highest BCUT2D eigenvalue weighted by atomic mass is 32.3. The van der Waals surface area contributed by atoms with Crippen molar-refractivity contribution in [1.29, 1.82) is 0 Å². The van der Waals surface area contributed by atoms with Crippen molar-refractivity contribution in [3.05, 3.63) is 59.8 Å². The van der Waals surface area contributed by atoms with E-state index in [2.05, 4.69) is 82.7 Å². The second kappa shape index (κ2) is 6.25. The highest BCUT2D eigenvalue weighted by Gasteiger charge is 2.19. The van der Waals surface area contributed by atoms with Gasteiger partial charge in [-0.15, -0.1) is 0 Å². The summed E-state index contributed by atoms with van der Waals surface area (Å²) in [6, 6.07) is 15.8. The molecule has 0 saturated carbocycles. The van der Waals surface area contributed by atoms with Gasteiger partial charge in [0, 0.05) is 17.1 Å². The molecule has 0 aliphatic rings. The lowest BCUT2D eigenvalue weighted by atomic mass is 10.0. The fourth-order valence-electron chi connectivity index (χ4n) is 3.10. The van der Waals surface area contributed by atoms with Gasteiger partial charge < -0.3 is 0 Å². The molecule has 0 radical (unpaired) electrons. The first kappa shape index (κ1) is 17.0. The van der Waals surface area contributed by atoms with Gasteiger partial charge in [-0.1, -0.05) is 37.1 Å². The first-order valence-corrected chi connectivity index (χ1v) is 11.0. The van der Waals surface area contributed by atoms with Gasteiger partial charge in [0.2, 0.25) is 0 Å². The van der Waals surface area contributed by atoms with Crippen LogP contribution >= 0.6 is 10.0 Å². The predicted molar refractivity (Wildman–Crippen MR) is 109 cm³/mol. The average Bonchev–Trinajstić information content (AvgIpc) is 2.52. The van der Waals surface area contributed by atoms with E-state index in [1.54, 1.807) is 0 Å². The SMILES string of the molecule is Cc1cc(C)cc(-c2nccc3cc(S(C)(C)C(C)C)ccc23)c1. The molecule has 0 aliphatic heterocycles. The van der Waals surface area contributed by atoms with Crippen molar-refractivity contribution in [2.45, 2.75) is 37.8 Å². The molecule has 126 valence electrons. The Hall–Kier alpha value is -1.80. The number of hydrogen-bond donors (Lipinski definition) is 0. The number of aromatic nitrogens is 1. The van der Waals surface area contributed by atoms with E-state index in [4.69, 9.17) is 4.98 Å². The summed E-state index contributed by atoms with van der Waals surface area (Å²) < 4.78 is 0. The molecule has 0 saturated heterocycles. The van der Waals surface area contributed by atoms with Crippen LogP contribution in [0.15, 0.2) is 53.6 Å². The Morgan fingerprint density at radius 1 is 0.875 bits per heavy atom. The van der Waals surface area contributed by atoms with Gasteiger partial charge in [0.1, 0.15) is 0 Å². The van der Waals surface area contributed by atoms with Crippen LogP contribution in [-0.2, 0) is 0 Å². The van der Waals surface area contributed by atoms with Crippen LogP contribution in [-0.4, -0.2) is 22.7 Å². The molecule has 2 aromatic carbocycles. The largest absolute Gasteiger partial charge is 0.256 e. The van der Waals surface area contributed by atoms with Gasteiger partial charge in [0.15, 0.2) is 0 Å². The van der Waals surface area contributed by atoms with Crippen LogP contribution in [0.5, 0.6) is 0 Å². The summed E-state index contributed by atoms with van der Waals surface area (Å²) in [6.07, 6.45) is 6.76. The summed E-state index contributed by atoms with van der Waals surface area (Å²) >= 11 is 0. The smallest absolute Gasteiger partial charge is 0.0780 e. The van der Waals surface area contributed by atoms with Crippen LogP contribution in [0.2, 0.25) is 0 Å². The van der Waals surface area contributed by atoms with Gasteiger partial charge in [-0.3, -0.25) is 4.98 Å². The first-order valence-electron chi connectivity index (χ1n) is 8.48. The molecule has 3 rings (SSSR count). The van der Waals surface area contributed by atoms with Crippen molar-refractivity contribution >= 4 is 20.8 Å². The summed E-state index contributed by atoms with van der Waals surface area (Å²) in [6.45, 7) is 8.95. The molecule has 0 aliphatic carbocycles. The van der Waals surface area contributed by atoms with E-state index in [-0.39, 0.29) is 0 Å². The Balaban J connectivity index is 2.19. The number of pyridine rings is 1. The van der Waals surface area contributed by atoms with Gasteiger partial charge in [-0.25, -0.2) is 10.0 Å². The van der Waals surface area contributed by atoms with Crippen LogP contribution in [0, 0.1) is 13.8 Å². The lowest BCUT2D eigenvalue weighted by Crippen LogP contribution is -2.09. The number of aryl methyl sites for hydroxylation is 2. The Kier molecular flexibility index (Phi) is 4.44. The lowest BCUT2D eigenvalue weighted by Gasteiger charge is -2.36. The van der Waals surface area contributed by atoms with E-state index in [0.29, 0.717) is 5.25 Å². The van der Waals surface area contributed by atoms with Gasteiger partial charge >= 0.3 is 0 Å². The van der Waals surface area contributed by atoms with Gasteiger partial charge in [0.05, 0.1) is 5.69 Å². The number of rotatable bonds is 3. The second-order valence-corrected chi connectivity index (χ2v) is 11.6.